The van der Waals surface area contributed by atoms with E-state index in [0.29, 0.717) is 5.56 Å². The Morgan fingerprint density at radius 2 is 1.96 bits per heavy atom. The number of hydrogen-bond donors (Lipinski definition) is 1. The van der Waals surface area contributed by atoms with Gasteiger partial charge in [-0.15, -0.1) is 11.3 Å². The topological polar surface area (TPSA) is 42.0 Å². The van der Waals surface area contributed by atoms with Crippen LogP contribution in [0.15, 0.2) is 65.4 Å². The van der Waals surface area contributed by atoms with Crippen LogP contribution in [0.1, 0.15) is 10.4 Å². The highest BCUT2D eigenvalue weighted by atomic mass is 32.1. The molecule has 1 amide bonds. The fourth-order valence-corrected chi connectivity index (χ4v) is 3.92. The van der Waals surface area contributed by atoms with E-state index >= 15 is 0 Å². The summed E-state index contributed by atoms with van der Waals surface area (Å²) in [6, 6.07) is 17.7. The first kappa shape index (κ1) is 14.1. The normalized spacial score (nSPS) is 10.8. The minimum absolute atomic E-state index is 0.0901. The molecule has 2 aromatic heterocycles. The van der Waals surface area contributed by atoms with Gasteiger partial charge in [-0.1, -0.05) is 24.3 Å². The van der Waals surface area contributed by atoms with Gasteiger partial charge in [0.25, 0.3) is 5.91 Å². The van der Waals surface area contributed by atoms with Gasteiger partial charge in [0.1, 0.15) is 5.01 Å². The maximum atomic E-state index is 12.1. The molecule has 1 N–H and O–H groups in total. The molecule has 0 unspecified atom stereocenters. The molecule has 112 valence electrons. The second-order valence-corrected chi connectivity index (χ2v) is 6.84. The van der Waals surface area contributed by atoms with Crippen LogP contribution >= 0.6 is 22.7 Å². The minimum atomic E-state index is -0.0901. The molecule has 0 atom stereocenters. The molecular formula is C18H12N2OS2. The summed E-state index contributed by atoms with van der Waals surface area (Å²) in [6.45, 7) is 0. The second-order valence-electron chi connectivity index (χ2n) is 5.03. The number of benzene rings is 2. The number of anilines is 1. The van der Waals surface area contributed by atoms with Crippen LogP contribution in [0.5, 0.6) is 0 Å². The predicted molar refractivity (Wildman–Crippen MR) is 97.3 cm³/mol. The van der Waals surface area contributed by atoms with E-state index in [2.05, 4.69) is 16.4 Å². The number of aromatic nitrogens is 1. The smallest absolute Gasteiger partial charge is 0.256 e. The average molecular weight is 336 g/mol. The SMILES string of the molecule is O=C(Nc1cccc(-c2nc3ccccc3s2)c1)c1ccsc1. The van der Waals surface area contributed by atoms with Crippen molar-refractivity contribution in [3.05, 3.63) is 70.9 Å². The molecule has 0 aliphatic rings. The van der Waals surface area contributed by atoms with Crippen molar-refractivity contribution in [1.29, 1.82) is 0 Å². The number of nitrogens with zero attached hydrogens (tertiary/aromatic N) is 1. The van der Waals surface area contributed by atoms with Crippen LogP contribution in [0.3, 0.4) is 0 Å². The highest BCUT2D eigenvalue weighted by Crippen LogP contribution is 2.31. The first-order chi connectivity index (χ1) is 11.3. The molecule has 2 aromatic carbocycles. The first-order valence-corrected chi connectivity index (χ1v) is 8.85. The van der Waals surface area contributed by atoms with Crippen molar-refractivity contribution in [2.75, 3.05) is 5.32 Å². The molecule has 5 heteroatoms. The molecule has 0 bridgehead atoms. The molecule has 0 aliphatic carbocycles. The molecule has 0 aliphatic heterocycles. The molecule has 0 saturated carbocycles. The van der Waals surface area contributed by atoms with Gasteiger partial charge in [0, 0.05) is 16.6 Å². The molecular weight excluding hydrogens is 324 g/mol. The number of fused-ring (bicyclic) bond motifs is 1. The average Bonchev–Trinajstić information content (AvgIpc) is 3.24. The lowest BCUT2D eigenvalue weighted by Gasteiger charge is -2.05. The largest absolute Gasteiger partial charge is 0.322 e. The van der Waals surface area contributed by atoms with Crippen molar-refractivity contribution >= 4 is 44.5 Å². The van der Waals surface area contributed by atoms with Crippen molar-refractivity contribution < 1.29 is 4.79 Å². The number of para-hydroxylation sites is 1. The second kappa shape index (κ2) is 5.95. The lowest BCUT2D eigenvalue weighted by molar-refractivity contribution is 0.102. The Morgan fingerprint density at radius 1 is 1.04 bits per heavy atom. The third kappa shape index (κ3) is 2.88. The van der Waals surface area contributed by atoms with Crippen LogP contribution in [-0.4, -0.2) is 10.9 Å². The summed E-state index contributed by atoms with van der Waals surface area (Å²) < 4.78 is 1.16. The summed E-state index contributed by atoms with van der Waals surface area (Å²) in [6.07, 6.45) is 0. The molecule has 4 rings (SSSR count). The van der Waals surface area contributed by atoms with E-state index in [1.54, 1.807) is 11.3 Å². The van der Waals surface area contributed by atoms with Gasteiger partial charge in [-0.2, -0.15) is 11.3 Å². The van der Waals surface area contributed by atoms with E-state index in [-0.39, 0.29) is 5.91 Å². The zero-order valence-corrected chi connectivity index (χ0v) is 13.7. The van der Waals surface area contributed by atoms with Gasteiger partial charge < -0.3 is 5.32 Å². The minimum Gasteiger partial charge on any atom is -0.322 e. The Bertz CT molecular complexity index is 941. The van der Waals surface area contributed by atoms with Gasteiger partial charge in [0.05, 0.1) is 15.8 Å². The van der Waals surface area contributed by atoms with Crippen molar-refractivity contribution in [2.45, 2.75) is 0 Å². The van der Waals surface area contributed by atoms with Crippen molar-refractivity contribution in [2.24, 2.45) is 0 Å². The monoisotopic (exact) mass is 336 g/mol. The van der Waals surface area contributed by atoms with Gasteiger partial charge in [-0.05, 0) is 35.7 Å². The van der Waals surface area contributed by atoms with Crippen LogP contribution < -0.4 is 5.32 Å². The molecule has 0 saturated heterocycles. The number of amides is 1. The number of carbonyl (C=O) groups excluding carboxylic acids is 1. The van der Waals surface area contributed by atoms with Crippen LogP contribution in [-0.2, 0) is 0 Å². The molecule has 2 heterocycles. The van der Waals surface area contributed by atoms with Gasteiger partial charge in [0.15, 0.2) is 0 Å². The molecule has 0 fully saturated rings. The van der Waals surface area contributed by atoms with Crippen molar-refractivity contribution in [1.82, 2.24) is 4.98 Å². The summed E-state index contributed by atoms with van der Waals surface area (Å²) in [4.78, 5) is 16.8. The number of hydrogen-bond acceptors (Lipinski definition) is 4. The molecule has 3 nitrogen and oxygen atoms in total. The van der Waals surface area contributed by atoms with Gasteiger partial charge in [-0.25, -0.2) is 4.98 Å². The van der Waals surface area contributed by atoms with Crippen molar-refractivity contribution in [3.63, 3.8) is 0 Å². The standard InChI is InChI=1S/C18H12N2OS2/c21-17(13-8-9-22-11-13)19-14-5-3-4-12(10-14)18-20-15-6-1-2-7-16(15)23-18/h1-11H,(H,19,21). The number of nitrogens with one attached hydrogen (secondary N) is 1. The lowest BCUT2D eigenvalue weighted by Crippen LogP contribution is -2.10. The Morgan fingerprint density at radius 3 is 2.78 bits per heavy atom. The van der Waals surface area contributed by atoms with E-state index in [0.717, 1.165) is 26.5 Å². The number of thiazole rings is 1. The van der Waals surface area contributed by atoms with Crippen LogP contribution in [0, 0.1) is 0 Å². The Kier molecular flexibility index (Phi) is 3.65. The Labute approximate surface area is 141 Å². The van der Waals surface area contributed by atoms with Gasteiger partial charge in [0.2, 0.25) is 0 Å². The highest BCUT2D eigenvalue weighted by molar-refractivity contribution is 7.21. The molecule has 0 spiro atoms. The first-order valence-electron chi connectivity index (χ1n) is 7.09. The van der Waals surface area contributed by atoms with E-state index < -0.39 is 0 Å². The molecule has 0 radical (unpaired) electrons. The highest BCUT2D eigenvalue weighted by Gasteiger charge is 2.09. The lowest BCUT2D eigenvalue weighted by atomic mass is 10.2. The summed E-state index contributed by atoms with van der Waals surface area (Å²) in [5.41, 5.74) is 3.47. The zero-order chi connectivity index (χ0) is 15.6. The fraction of sp³-hybridized carbons (Fsp3) is 0. The third-order valence-corrected chi connectivity index (χ3v) is 5.21. The third-order valence-electron chi connectivity index (χ3n) is 3.44. The quantitative estimate of drug-likeness (QED) is 0.553. The van der Waals surface area contributed by atoms with E-state index in [1.807, 2.05) is 59.3 Å². The van der Waals surface area contributed by atoms with Crippen molar-refractivity contribution in [3.8, 4) is 10.6 Å². The summed E-state index contributed by atoms with van der Waals surface area (Å²) in [5.74, 6) is -0.0901. The maximum absolute atomic E-state index is 12.1. The van der Waals surface area contributed by atoms with Gasteiger partial charge in [-0.3, -0.25) is 4.79 Å². The number of rotatable bonds is 3. The Hall–Kier alpha value is -2.50. The van der Waals surface area contributed by atoms with Crippen LogP contribution in [0.25, 0.3) is 20.8 Å². The molecule has 23 heavy (non-hydrogen) atoms. The van der Waals surface area contributed by atoms with Gasteiger partial charge >= 0.3 is 0 Å². The number of carbonyl (C=O) groups is 1. The van der Waals surface area contributed by atoms with E-state index in [4.69, 9.17) is 0 Å². The van der Waals surface area contributed by atoms with Crippen LogP contribution in [0.2, 0.25) is 0 Å². The maximum Gasteiger partial charge on any atom is 0.256 e. The fourth-order valence-electron chi connectivity index (χ4n) is 2.32. The van der Waals surface area contributed by atoms with Crippen LogP contribution in [0.4, 0.5) is 5.69 Å². The summed E-state index contributed by atoms with van der Waals surface area (Å²) in [5, 5.41) is 7.62. The van der Waals surface area contributed by atoms with E-state index in [9.17, 15) is 4.79 Å². The van der Waals surface area contributed by atoms with E-state index in [1.165, 1.54) is 11.3 Å². The molecule has 4 aromatic rings. The Balaban J connectivity index is 1.64. The zero-order valence-electron chi connectivity index (χ0n) is 12.0. The summed E-state index contributed by atoms with van der Waals surface area (Å²) in [7, 11) is 0. The summed E-state index contributed by atoms with van der Waals surface area (Å²) >= 11 is 3.17. The predicted octanol–water partition coefficient (Wildman–Crippen LogP) is 5.28. The number of thiophene rings is 1.